The smallest absolute Gasteiger partial charge is 0.197 e. The number of anilines is 3. The molecule has 2 heterocycles. The minimum Gasteiger partial charge on any atom is -0.310 e. The summed E-state index contributed by atoms with van der Waals surface area (Å²) in [6, 6.07) is -16.5. The van der Waals surface area contributed by atoms with Gasteiger partial charge in [-0.1, -0.05) is 54.4 Å². The molecule has 7 rings (SSSR count). The van der Waals surface area contributed by atoms with E-state index in [0.717, 1.165) is 10.5 Å². The Hall–Kier alpha value is -4.96. The van der Waals surface area contributed by atoms with Gasteiger partial charge in [0.25, 0.3) is 0 Å². The third kappa shape index (κ3) is 2.88. The molecule has 0 unspecified atom stereocenters. The minimum atomic E-state index is -1.33. The van der Waals surface area contributed by atoms with Crippen molar-refractivity contribution in [3.05, 3.63) is 141 Å². The van der Waals surface area contributed by atoms with E-state index >= 15 is 0 Å². The van der Waals surface area contributed by atoms with Crippen LogP contribution in [0.1, 0.15) is 26.0 Å². The number of pyridine rings is 2. The summed E-state index contributed by atoms with van der Waals surface area (Å²) in [6.07, 6.45) is 0. The molecule has 0 N–H and O–H groups in total. The van der Waals surface area contributed by atoms with Gasteiger partial charge in [0, 0.05) is 38.6 Å². The summed E-state index contributed by atoms with van der Waals surface area (Å²) >= 11 is 0. The van der Waals surface area contributed by atoms with Gasteiger partial charge in [-0.2, -0.15) is 0 Å². The summed E-state index contributed by atoms with van der Waals surface area (Å²) in [5, 5.41) is -3.14. The molecule has 36 heavy (non-hydrogen) atoms. The molecule has 0 saturated heterocycles. The highest BCUT2D eigenvalue weighted by Crippen LogP contribution is 2.36. The molecule has 2 aromatic heterocycles. The van der Waals surface area contributed by atoms with Gasteiger partial charge < -0.3 is 9.30 Å². The first-order valence-electron chi connectivity index (χ1n) is 19.8. The Morgan fingerprint density at radius 3 is 1.94 bits per heavy atom. The standard InChI is InChI=1S/C32H20N2O2/c35-31-24-14-7-8-17-28(24)34-29-19-18-23(20-27(29)32(36)26-16-9-15-25(31)30(26)34)33(21-10-3-1-4-11-21)22-12-5-2-6-13-22/h1-20H/i1D,2D,3D,4D,5D,6D,7D,8D,9D,10D,11D,12D,14D,15D,16D,17D,18D,19D,20D. The summed E-state index contributed by atoms with van der Waals surface area (Å²) in [6.45, 7) is 0. The van der Waals surface area contributed by atoms with Crippen LogP contribution in [0.3, 0.4) is 0 Å². The van der Waals surface area contributed by atoms with E-state index in [2.05, 4.69) is 0 Å². The maximum atomic E-state index is 14.6. The summed E-state index contributed by atoms with van der Waals surface area (Å²) in [7, 11) is 0. The zero-order valence-electron chi connectivity index (χ0n) is 36.8. The van der Waals surface area contributed by atoms with Crippen LogP contribution < -0.4 is 15.8 Å². The topological polar surface area (TPSA) is 41.8 Å². The number of benzene rings is 5. The number of hydrogen-bond acceptors (Lipinski definition) is 3. The average Bonchev–Trinajstić information content (AvgIpc) is 3.14. The van der Waals surface area contributed by atoms with E-state index in [1.54, 1.807) is 0 Å². The Morgan fingerprint density at radius 1 is 0.528 bits per heavy atom. The van der Waals surface area contributed by atoms with Crippen molar-refractivity contribution in [2.24, 2.45) is 0 Å². The van der Waals surface area contributed by atoms with Crippen LogP contribution in [0.2, 0.25) is 0 Å². The van der Waals surface area contributed by atoms with Gasteiger partial charge in [-0.25, -0.2) is 0 Å². The Kier molecular flexibility index (Phi) is 1.93. The van der Waals surface area contributed by atoms with E-state index in [0.29, 0.717) is 4.90 Å². The van der Waals surface area contributed by atoms with E-state index in [-0.39, 0.29) is 0 Å². The monoisotopic (exact) mass is 483 g/mol. The first-order valence-corrected chi connectivity index (χ1v) is 10.3. The summed E-state index contributed by atoms with van der Waals surface area (Å²) < 4.78 is 164. The Bertz CT molecular complexity index is 3060. The van der Waals surface area contributed by atoms with Gasteiger partial charge in [0.05, 0.1) is 42.6 Å². The second-order valence-corrected chi connectivity index (χ2v) is 7.50. The molecule has 4 nitrogen and oxygen atoms in total. The first kappa shape index (κ1) is 8.92. The number of rotatable bonds is 3. The highest BCUT2D eigenvalue weighted by Gasteiger charge is 2.19. The van der Waals surface area contributed by atoms with E-state index in [1.165, 1.54) is 0 Å². The molecular weight excluding hydrogens is 444 g/mol. The van der Waals surface area contributed by atoms with Gasteiger partial charge in [0.1, 0.15) is 0 Å². The molecule has 0 bridgehead atoms. The predicted molar refractivity (Wildman–Crippen MR) is 148 cm³/mol. The summed E-state index contributed by atoms with van der Waals surface area (Å²) in [5.41, 5.74) is -6.95. The fourth-order valence-electron chi connectivity index (χ4n) is 4.11. The number of para-hydroxylation sites is 4. The van der Waals surface area contributed by atoms with Gasteiger partial charge in [-0.15, -0.1) is 0 Å². The third-order valence-electron chi connectivity index (χ3n) is 5.58. The highest BCUT2D eigenvalue weighted by molar-refractivity contribution is 6.08. The molecule has 0 aliphatic heterocycles. The molecule has 7 aromatic rings. The fraction of sp³-hybridized carbons (Fsp3) is 0. The van der Waals surface area contributed by atoms with Crippen LogP contribution in [0, 0.1) is 0 Å². The maximum Gasteiger partial charge on any atom is 0.197 e. The van der Waals surface area contributed by atoms with Crippen LogP contribution >= 0.6 is 0 Å². The third-order valence-corrected chi connectivity index (χ3v) is 5.58. The molecule has 0 saturated carbocycles. The van der Waals surface area contributed by atoms with Crippen LogP contribution in [0.15, 0.2) is 130 Å². The molecule has 0 atom stereocenters. The van der Waals surface area contributed by atoms with E-state index in [9.17, 15) is 13.7 Å². The molecule has 0 fully saturated rings. The lowest BCUT2D eigenvalue weighted by Gasteiger charge is -2.26. The van der Waals surface area contributed by atoms with Crippen molar-refractivity contribution in [2.45, 2.75) is 0 Å². The normalized spacial score (nSPS) is 18.9. The van der Waals surface area contributed by atoms with Crippen LogP contribution in [0.5, 0.6) is 0 Å². The molecule has 5 aromatic carbocycles. The second kappa shape index (κ2) is 7.79. The predicted octanol–water partition coefficient (Wildman–Crippen LogP) is 7.03. The van der Waals surface area contributed by atoms with Gasteiger partial charge in [0.15, 0.2) is 10.9 Å². The quantitative estimate of drug-likeness (QED) is 0.200. The SMILES string of the molecule is [2H]c1cc(N(c2c([2H])c([2H])c([2H])c([2H])c2[2H])c2c([2H])c([2H])c3c(c2[2H])c(=O)c2c([2H])c([2H])c([2H])c4c(=O)c5c([2H])c([2H])c([2H])c([2H])c5n3c42)c([2H])c([2H])c1[2H]. The van der Waals surface area contributed by atoms with Crippen molar-refractivity contribution in [1.82, 2.24) is 4.40 Å². The lowest BCUT2D eigenvalue weighted by molar-refractivity contribution is 1.27. The van der Waals surface area contributed by atoms with Gasteiger partial charge in [0.2, 0.25) is 0 Å². The van der Waals surface area contributed by atoms with E-state index < -0.39 is 181 Å². The average molecular weight is 484 g/mol. The number of nitrogens with zero attached hydrogens (tertiary/aromatic N) is 2. The van der Waals surface area contributed by atoms with Crippen LogP contribution in [-0.4, -0.2) is 4.40 Å². The highest BCUT2D eigenvalue weighted by atomic mass is 16.1. The summed E-state index contributed by atoms with van der Waals surface area (Å²) in [5.74, 6) is 0. The van der Waals surface area contributed by atoms with Crippen molar-refractivity contribution < 1.29 is 26.0 Å². The Balaban J connectivity index is 1.86. The van der Waals surface area contributed by atoms with Gasteiger partial charge >= 0.3 is 0 Å². The van der Waals surface area contributed by atoms with E-state index in [1.807, 2.05) is 0 Å². The molecule has 170 valence electrons. The van der Waals surface area contributed by atoms with Crippen molar-refractivity contribution in [2.75, 3.05) is 4.90 Å². The molecule has 0 aliphatic carbocycles. The number of fused-ring (bicyclic) bond motifs is 4. The largest absolute Gasteiger partial charge is 0.310 e. The van der Waals surface area contributed by atoms with Crippen LogP contribution in [0.25, 0.3) is 38.1 Å². The molecule has 0 radical (unpaired) electrons. The van der Waals surface area contributed by atoms with Gasteiger partial charge in [-0.3, -0.25) is 9.59 Å². The van der Waals surface area contributed by atoms with Crippen LogP contribution in [-0.2, 0) is 0 Å². The maximum absolute atomic E-state index is 14.6. The second-order valence-electron chi connectivity index (χ2n) is 7.50. The zero-order chi connectivity index (χ0) is 40.8. The van der Waals surface area contributed by atoms with Crippen molar-refractivity contribution in [3.8, 4) is 0 Å². The molecule has 0 spiro atoms. The molecule has 4 heteroatoms. The molecule has 0 amide bonds. The van der Waals surface area contributed by atoms with Gasteiger partial charge in [-0.05, 0) is 66.5 Å². The summed E-state index contributed by atoms with van der Waals surface area (Å²) in [4.78, 5) is 29.2. The van der Waals surface area contributed by atoms with Crippen molar-refractivity contribution in [3.63, 3.8) is 0 Å². The molecular formula is C32H20N2O2. The van der Waals surface area contributed by atoms with Crippen molar-refractivity contribution >= 4 is 55.2 Å². The van der Waals surface area contributed by atoms with Crippen LogP contribution in [0.4, 0.5) is 17.1 Å². The lowest BCUT2D eigenvalue weighted by atomic mass is 10.0. The Morgan fingerprint density at radius 2 is 1.14 bits per heavy atom. The lowest BCUT2D eigenvalue weighted by Crippen LogP contribution is -2.15. The zero-order valence-corrected chi connectivity index (χ0v) is 17.8. The number of hydrogen-bond donors (Lipinski definition) is 0. The molecule has 0 aliphatic rings. The van der Waals surface area contributed by atoms with E-state index in [4.69, 9.17) is 21.9 Å². The fourth-order valence-corrected chi connectivity index (χ4v) is 4.11. The number of aromatic nitrogens is 1. The Labute approximate surface area is 232 Å². The van der Waals surface area contributed by atoms with Crippen molar-refractivity contribution in [1.29, 1.82) is 0 Å². The first-order chi connectivity index (χ1) is 25.6. The minimum absolute atomic E-state index is 0.555.